The predicted molar refractivity (Wildman–Crippen MR) is 77.3 cm³/mol. The number of nitrogens with one attached hydrogen (secondary N) is 1. The van der Waals surface area contributed by atoms with Crippen molar-refractivity contribution in [2.45, 2.75) is 52.1 Å². The SMILES string of the molecule is CCC1C2CNCC2CN1Cc1nc(C(C)(C)C)no1. The number of fused-ring (bicyclic) bond motifs is 1. The Kier molecular flexibility index (Phi) is 3.58. The molecule has 0 bridgehead atoms. The second-order valence-corrected chi connectivity index (χ2v) is 7.25. The third-order valence-corrected chi connectivity index (χ3v) is 4.72. The van der Waals surface area contributed by atoms with E-state index in [2.05, 4.69) is 48.1 Å². The molecule has 112 valence electrons. The lowest BCUT2D eigenvalue weighted by atomic mass is 9.93. The maximum Gasteiger partial charge on any atom is 0.240 e. The maximum atomic E-state index is 5.45. The summed E-state index contributed by atoms with van der Waals surface area (Å²) in [5.41, 5.74) is -0.0443. The minimum atomic E-state index is -0.0443. The van der Waals surface area contributed by atoms with E-state index in [1.165, 1.54) is 6.42 Å². The molecule has 3 heterocycles. The van der Waals surface area contributed by atoms with E-state index >= 15 is 0 Å². The Labute approximate surface area is 121 Å². The molecule has 0 aliphatic carbocycles. The van der Waals surface area contributed by atoms with Crippen LogP contribution >= 0.6 is 0 Å². The molecule has 0 radical (unpaired) electrons. The molecule has 0 saturated carbocycles. The van der Waals surface area contributed by atoms with Gasteiger partial charge in [-0.15, -0.1) is 0 Å². The van der Waals surface area contributed by atoms with Crippen molar-refractivity contribution in [3.05, 3.63) is 11.7 Å². The van der Waals surface area contributed by atoms with Gasteiger partial charge in [0.15, 0.2) is 5.82 Å². The van der Waals surface area contributed by atoms with Gasteiger partial charge in [0, 0.05) is 18.0 Å². The molecule has 3 atom stereocenters. The molecule has 3 unspecified atom stereocenters. The van der Waals surface area contributed by atoms with Gasteiger partial charge >= 0.3 is 0 Å². The first-order chi connectivity index (χ1) is 9.49. The molecule has 5 heteroatoms. The van der Waals surface area contributed by atoms with Gasteiger partial charge in [-0.3, -0.25) is 4.90 Å². The summed E-state index contributed by atoms with van der Waals surface area (Å²) in [4.78, 5) is 7.11. The number of hydrogen-bond acceptors (Lipinski definition) is 5. The summed E-state index contributed by atoms with van der Waals surface area (Å²) in [7, 11) is 0. The zero-order chi connectivity index (χ0) is 14.3. The first-order valence-corrected chi connectivity index (χ1v) is 7.77. The Morgan fingerprint density at radius 2 is 2.15 bits per heavy atom. The van der Waals surface area contributed by atoms with Crippen molar-refractivity contribution >= 4 is 0 Å². The highest BCUT2D eigenvalue weighted by molar-refractivity contribution is 5.02. The monoisotopic (exact) mass is 278 g/mol. The molecular formula is C15H26N4O. The van der Waals surface area contributed by atoms with E-state index in [4.69, 9.17) is 4.52 Å². The quantitative estimate of drug-likeness (QED) is 0.913. The summed E-state index contributed by atoms with van der Waals surface area (Å²) in [5.74, 6) is 3.16. The predicted octanol–water partition coefficient (Wildman–Crippen LogP) is 1.80. The average molecular weight is 278 g/mol. The van der Waals surface area contributed by atoms with Gasteiger partial charge in [-0.2, -0.15) is 4.98 Å². The van der Waals surface area contributed by atoms with Gasteiger partial charge in [0.2, 0.25) is 5.89 Å². The molecule has 0 aromatic carbocycles. The molecule has 2 saturated heterocycles. The van der Waals surface area contributed by atoms with Crippen LogP contribution in [0, 0.1) is 11.8 Å². The molecule has 1 aromatic rings. The summed E-state index contributed by atoms with van der Waals surface area (Å²) in [5, 5.41) is 7.65. The van der Waals surface area contributed by atoms with E-state index in [1.54, 1.807) is 0 Å². The van der Waals surface area contributed by atoms with Crippen LogP contribution in [0.4, 0.5) is 0 Å². The Morgan fingerprint density at radius 1 is 1.35 bits per heavy atom. The van der Waals surface area contributed by atoms with Gasteiger partial charge in [-0.1, -0.05) is 32.9 Å². The smallest absolute Gasteiger partial charge is 0.240 e. The second kappa shape index (κ2) is 5.11. The fourth-order valence-electron chi connectivity index (χ4n) is 3.65. The topological polar surface area (TPSA) is 54.2 Å². The van der Waals surface area contributed by atoms with Crippen molar-refractivity contribution < 1.29 is 4.52 Å². The summed E-state index contributed by atoms with van der Waals surface area (Å²) in [6.07, 6.45) is 1.20. The van der Waals surface area contributed by atoms with Crippen LogP contribution in [0.3, 0.4) is 0 Å². The lowest BCUT2D eigenvalue weighted by Gasteiger charge is -2.25. The third-order valence-electron chi connectivity index (χ3n) is 4.72. The first-order valence-electron chi connectivity index (χ1n) is 7.77. The zero-order valence-electron chi connectivity index (χ0n) is 13.0. The minimum absolute atomic E-state index is 0.0443. The average Bonchev–Trinajstić information content (AvgIpc) is 3.02. The molecule has 20 heavy (non-hydrogen) atoms. The molecule has 0 amide bonds. The van der Waals surface area contributed by atoms with E-state index < -0.39 is 0 Å². The Bertz CT molecular complexity index is 465. The van der Waals surface area contributed by atoms with Gasteiger partial charge in [0.25, 0.3) is 0 Å². The Morgan fingerprint density at radius 3 is 2.80 bits per heavy atom. The van der Waals surface area contributed by atoms with Crippen LogP contribution in [0.2, 0.25) is 0 Å². The molecule has 2 fully saturated rings. The molecule has 2 aliphatic rings. The number of nitrogens with zero attached hydrogens (tertiary/aromatic N) is 3. The fourth-order valence-corrected chi connectivity index (χ4v) is 3.65. The minimum Gasteiger partial charge on any atom is -0.338 e. The van der Waals surface area contributed by atoms with Crippen LogP contribution in [-0.4, -0.2) is 40.7 Å². The number of likely N-dealkylation sites (tertiary alicyclic amines) is 1. The molecule has 1 N–H and O–H groups in total. The van der Waals surface area contributed by atoms with Crippen molar-refractivity contribution in [1.82, 2.24) is 20.4 Å². The van der Waals surface area contributed by atoms with E-state index in [0.717, 1.165) is 49.7 Å². The number of rotatable bonds is 3. The van der Waals surface area contributed by atoms with Crippen LogP contribution < -0.4 is 5.32 Å². The number of aromatic nitrogens is 2. The van der Waals surface area contributed by atoms with Crippen molar-refractivity contribution in [2.75, 3.05) is 19.6 Å². The first kappa shape index (κ1) is 14.0. The highest BCUT2D eigenvalue weighted by Gasteiger charge is 2.43. The fraction of sp³-hybridized carbons (Fsp3) is 0.867. The number of hydrogen-bond donors (Lipinski definition) is 1. The van der Waals surface area contributed by atoms with Crippen molar-refractivity contribution in [2.24, 2.45) is 11.8 Å². The lowest BCUT2D eigenvalue weighted by Crippen LogP contribution is -2.34. The normalized spacial score (nSPS) is 30.9. The van der Waals surface area contributed by atoms with E-state index in [9.17, 15) is 0 Å². The molecule has 3 rings (SSSR count). The Hall–Kier alpha value is -0.940. The summed E-state index contributed by atoms with van der Waals surface area (Å²) in [6.45, 7) is 12.9. The summed E-state index contributed by atoms with van der Waals surface area (Å²) < 4.78 is 5.45. The highest BCUT2D eigenvalue weighted by atomic mass is 16.5. The van der Waals surface area contributed by atoms with Crippen LogP contribution in [0.5, 0.6) is 0 Å². The van der Waals surface area contributed by atoms with E-state index in [1.807, 2.05) is 0 Å². The molecule has 2 aliphatic heterocycles. The van der Waals surface area contributed by atoms with Crippen molar-refractivity contribution in [1.29, 1.82) is 0 Å². The third kappa shape index (κ3) is 2.49. The largest absolute Gasteiger partial charge is 0.338 e. The van der Waals surface area contributed by atoms with Gasteiger partial charge in [-0.05, 0) is 31.3 Å². The van der Waals surface area contributed by atoms with Crippen molar-refractivity contribution in [3.8, 4) is 0 Å². The van der Waals surface area contributed by atoms with Crippen molar-refractivity contribution in [3.63, 3.8) is 0 Å². The van der Waals surface area contributed by atoms with Crippen LogP contribution in [0.15, 0.2) is 4.52 Å². The summed E-state index contributed by atoms with van der Waals surface area (Å²) in [6, 6.07) is 0.653. The second-order valence-electron chi connectivity index (χ2n) is 7.25. The van der Waals surface area contributed by atoms with Crippen LogP contribution in [0.25, 0.3) is 0 Å². The van der Waals surface area contributed by atoms with Gasteiger partial charge in [0.05, 0.1) is 6.54 Å². The summed E-state index contributed by atoms with van der Waals surface area (Å²) >= 11 is 0. The maximum absolute atomic E-state index is 5.45. The molecule has 5 nitrogen and oxygen atoms in total. The van der Waals surface area contributed by atoms with E-state index in [-0.39, 0.29) is 5.41 Å². The van der Waals surface area contributed by atoms with E-state index in [0.29, 0.717) is 6.04 Å². The van der Waals surface area contributed by atoms with Gasteiger partial charge < -0.3 is 9.84 Å². The standard InChI is InChI=1S/C15H26N4O/c1-5-12-11-7-16-6-10(11)8-19(12)9-13-17-14(18-20-13)15(2,3)4/h10-12,16H,5-9H2,1-4H3. The van der Waals surface area contributed by atoms with Gasteiger partial charge in [0.1, 0.15) is 0 Å². The Balaban J connectivity index is 1.70. The molecular weight excluding hydrogens is 252 g/mol. The highest BCUT2D eigenvalue weighted by Crippen LogP contribution is 2.35. The lowest BCUT2D eigenvalue weighted by molar-refractivity contribution is 0.184. The molecule has 1 aromatic heterocycles. The molecule has 0 spiro atoms. The van der Waals surface area contributed by atoms with Crippen LogP contribution in [0.1, 0.15) is 45.8 Å². The van der Waals surface area contributed by atoms with Crippen LogP contribution in [-0.2, 0) is 12.0 Å². The van der Waals surface area contributed by atoms with Gasteiger partial charge in [-0.25, -0.2) is 0 Å². The zero-order valence-corrected chi connectivity index (χ0v) is 13.0.